The smallest absolute Gasteiger partial charge is 0.306 e. The molecule has 74 valence electrons. The average Bonchev–Trinajstić information content (AvgIpc) is 2.11. The SMILES string of the molecule is CCOC(=O)CC/C=C/CCC=O. The molecule has 0 aromatic carbocycles. The molecule has 0 heterocycles. The maximum absolute atomic E-state index is 10.8. The number of esters is 1. The summed E-state index contributed by atoms with van der Waals surface area (Å²) in [6.45, 7) is 2.23. The van der Waals surface area contributed by atoms with Gasteiger partial charge in [-0.3, -0.25) is 4.79 Å². The zero-order valence-corrected chi connectivity index (χ0v) is 7.99. The summed E-state index contributed by atoms with van der Waals surface area (Å²) in [5.74, 6) is -0.164. The molecule has 0 fully saturated rings. The van der Waals surface area contributed by atoms with Crippen LogP contribution in [0.2, 0.25) is 0 Å². The molecule has 3 nitrogen and oxygen atoms in total. The zero-order chi connectivity index (χ0) is 9.94. The highest BCUT2D eigenvalue weighted by Crippen LogP contribution is 1.96. The fourth-order valence-electron chi connectivity index (χ4n) is 0.834. The van der Waals surface area contributed by atoms with Gasteiger partial charge in [0, 0.05) is 12.8 Å². The van der Waals surface area contributed by atoms with E-state index in [1.165, 1.54) is 0 Å². The molecule has 0 radical (unpaired) electrons. The first-order chi connectivity index (χ1) is 6.31. The van der Waals surface area contributed by atoms with Gasteiger partial charge in [0.1, 0.15) is 6.29 Å². The molecule has 0 spiro atoms. The Bertz CT molecular complexity index is 173. The van der Waals surface area contributed by atoms with Crippen LogP contribution in [0.15, 0.2) is 12.2 Å². The van der Waals surface area contributed by atoms with E-state index in [1.807, 2.05) is 12.2 Å². The van der Waals surface area contributed by atoms with Gasteiger partial charge in [-0.1, -0.05) is 12.2 Å². The maximum atomic E-state index is 10.8. The highest BCUT2D eigenvalue weighted by molar-refractivity contribution is 5.69. The molecule has 3 heteroatoms. The van der Waals surface area contributed by atoms with Crippen molar-refractivity contribution in [2.45, 2.75) is 32.6 Å². The predicted octanol–water partition coefficient (Wildman–Crippen LogP) is 1.86. The number of hydrogen-bond acceptors (Lipinski definition) is 3. The minimum Gasteiger partial charge on any atom is -0.466 e. The summed E-state index contributed by atoms with van der Waals surface area (Å²) < 4.78 is 4.74. The molecule has 13 heavy (non-hydrogen) atoms. The zero-order valence-electron chi connectivity index (χ0n) is 7.99. The normalized spacial score (nSPS) is 10.2. The van der Waals surface area contributed by atoms with Gasteiger partial charge in [-0.15, -0.1) is 0 Å². The van der Waals surface area contributed by atoms with Crippen molar-refractivity contribution < 1.29 is 14.3 Å². The third-order valence-electron chi connectivity index (χ3n) is 1.44. The van der Waals surface area contributed by atoms with E-state index in [0.717, 1.165) is 12.7 Å². The standard InChI is InChI=1S/C10H16O3/c1-2-13-10(12)8-6-4-3-5-7-9-11/h3-4,9H,2,5-8H2,1H3/b4-3+. The molecule has 0 N–H and O–H groups in total. The molecule has 0 unspecified atom stereocenters. The molecule has 0 atom stereocenters. The largest absolute Gasteiger partial charge is 0.466 e. The molecule has 0 saturated carbocycles. The Hall–Kier alpha value is -1.12. The van der Waals surface area contributed by atoms with Gasteiger partial charge in [-0.25, -0.2) is 0 Å². The van der Waals surface area contributed by atoms with Gasteiger partial charge < -0.3 is 9.53 Å². The maximum Gasteiger partial charge on any atom is 0.306 e. The summed E-state index contributed by atoms with van der Waals surface area (Å²) in [5, 5.41) is 0. The van der Waals surface area contributed by atoms with E-state index < -0.39 is 0 Å². The first-order valence-electron chi connectivity index (χ1n) is 4.55. The molecule has 0 aromatic rings. The Morgan fingerprint density at radius 1 is 1.23 bits per heavy atom. The third-order valence-corrected chi connectivity index (χ3v) is 1.44. The summed E-state index contributed by atoms with van der Waals surface area (Å²) >= 11 is 0. The molecule has 0 saturated heterocycles. The summed E-state index contributed by atoms with van der Waals surface area (Å²) in [7, 11) is 0. The number of hydrogen-bond donors (Lipinski definition) is 0. The van der Waals surface area contributed by atoms with Crippen molar-refractivity contribution in [2.24, 2.45) is 0 Å². The number of carbonyl (C=O) groups is 2. The molecular formula is C10H16O3. The van der Waals surface area contributed by atoms with Crippen molar-refractivity contribution in [3.8, 4) is 0 Å². The quantitative estimate of drug-likeness (QED) is 0.262. The average molecular weight is 184 g/mol. The molecule has 0 aliphatic rings. The summed E-state index contributed by atoms with van der Waals surface area (Å²) in [6, 6.07) is 0. The Balaban J connectivity index is 3.27. The predicted molar refractivity (Wildman–Crippen MR) is 50.3 cm³/mol. The lowest BCUT2D eigenvalue weighted by Gasteiger charge is -1.97. The second kappa shape index (κ2) is 8.97. The van der Waals surface area contributed by atoms with Crippen LogP contribution in [0.1, 0.15) is 32.6 Å². The van der Waals surface area contributed by atoms with E-state index >= 15 is 0 Å². The Morgan fingerprint density at radius 3 is 2.54 bits per heavy atom. The fraction of sp³-hybridized carbons (Fsp3) is 0.600. The number of carbonyl (C=O) groups excluding carboxylic acids is 2. The van der Waals surface area contributed by atoms with Crippen LogP contribution in [0.3, 0.4) is 0 Å². The van der Waals surface area contributed by atoms with Crippen LogP contribution in [0.25, 0.3) is 0 Å². The highest BCUT2D eigenvalue weighted by atomic mass is 16.5. The van der Waals surface area contributed by atoms with E-state index in [-0.39, 0.29) is 5.97 Å². The Labute approximate surface area is 78.8 Å². The van der Waals surface area contributed by atoms with Crippen LogP contribution in [0.5, 0.6) is 0 Å². The third kappa shape index (κ3) is 8.79. The lowest BCUT2D eigenvalue weighted by molar-refractivity contribution is -0.143. The number of allylic oxidation sites excluding steroid dienone is 2. The van der Waals surface area contributed by atoms with Gasteiger partial charge in [0.15, 0.2) is 0 Å². The molecule has 0 aromatic heterocycles. The van der Waals surface area contributed by atoms with Crippen LogP contribution >= 0.6 is 0 Å². The van der Waals surface area contributed by atoms with Gasteiger partial charge in [0.05, 0.1) is 6.61 Å². The van der Waals surface area contributed by atoms with Crippen molar-refractivity contribution in [1.29, 1.82) is 0 Å². The van der Waals surface area contributed by atoms with Crippen molar-refractivity contribution in [3.63, 3.8) is 0 Å². The van der Waals surface area contributed by atoms with Crippen molar-refractivity contribution in [2.75, 3.05) is 6.61 Å². The van der Waals surface area contributed by atoms with Crippen molar-refractivity contribution in [1.82, 2.24) is 0 Å². The van der Waals surface area contributed by atoms with E-state index in [4.69, 9.17) is 4.74 Å². The van der Waals surface area contributed by atoms with Crippen molar-refractivity contribution in [3.05, 3.63) is 12.2 Å². The molecule has 0 amide bonds. The van der Waals surface area contributed by atoms with Gasteiger partial charge in [-0.05, 0) is 19.8 Å². The lowest BCUT2D eigenvalue weighted by atomic mass is 10.2. The monoisotopic (exact) mass is 184 g/mol. The molecule has 0 bridgehead atoms. The fourth-order valence-corrected chi connectivity index (χ4v) is 0.834. The lowest BCUT2D eigenvalue weighted by Crippen LogP contribution is -2.02. The Morgan fingerprint density at radius 2 is 1.92 bits per heavy atom. The van der Waals surface area contributed by atoms with Crippen LogP contribution in [0.4, 0.5) is 0 Å². The molecule has 0 rings (SSSR count). The second-order valence-electron chi connectivity index (χ2n) is 2.56. The van der Waals surface area contributed by atoms with Crippen molar-refractivity contribution >= 4 is 12.3 Å². The minimum atomic E-state index is -0.164. The highest BCUT2D eigenvalue weighted by Gasteiger charge is 1.97. The summed E-state index contributed by atoms with van der Waals surface area (Å²) in [4.78, 5) is 20.7. The molecular weight excluding hydrogens is 168 g/mol. The van der Waals surface area contributed by atoms with Gasteiger partial charge in [-0.2, -0.15) is 0 Å². The molecule has 0 aliphatic carbocycles. The second-order valence-corrected chi connectivity index (χ2v) is 2.56. The minimum absolute atomic E-state index is 0.164. The van der Waals surface area contributed by atoms with Crippen LogP contribution in [-0.2, 0) is 14.3 Å². The van der Waals surface area contributed by atoms with E-state index in [1.54, 1.807) is 6.92 Å². The summed E-state index contributed by atoms with van der Waals surface area (Å²) in [5.41, 5.74) is 0. The number of ether oxygens (including phenoxy) is 1. The van der Waals surface area contributed by atoms with Crippen LogP contribution in [-0.4, -0.2) is 18.9 Å². The number of aldehydes is 1. The van der Waals surface area contributed by atoms with Gasteiger partial charge in [0.25, 0.3) is 0 Å². The number of unbranched alkanes of at least 4 members (excludes halogenated alkanes) is 1. The van der Waals surface area contributed by atoms with Gasteiger partial charge in [0.2, 0.25) is 0 Å². The van der Waals surface area contributed by atoms with Crippen LogP contribution in [0, 0.1) is 0 Å². The van der Waals surface area contributed by atoms with E-state index in [9.17, 15) is 9.59 Å². The van der Waals surface area contributed by atoms with Crippen LogP contribution < -0.4 is 0 Å². The number of rotatable bonds is 7. The van der Waals surface area contributed by atoms with E-state index in [2.05, 4.69) is 0 Å². The topological polar surface area (TPSA) is 43.4 Å². The summed E-state index contributed by atoms with van der Waals surface area (Å²) in [6.07, 6.45) is 7.12. The van der Waals surface area contributed by atoms with Gasteiger partial charge >= 0.3 is 5.97 Å². The molecule has 0 aliphatic heterocycles. The Kier molecular flexibility index (Phi) is 8.20. The first-order valence-corrected chi connectivity index (χ1v) is 4.55. The first kappa shape index (κ1) is 11.9. The van der Waals surface area contributed by atoms with E-state index in [0.29, 0.717) is 25.9 Å².